The summed E-state index contributed by atoms with van der Waals surface area (Å²) in [6, 6.07) is 5.45. The summed E-state index contributed by atoms with van der Waals surface area (Å²) in [7, 11) is 0. The van der Waals surface area contributed by atoms with Gasteiger partial charge in [0.2, 0.25) is 0 Å². The number of hydrogen-bond acceptors (Lipinski definition) is 1. The summed E-state index contributed by atoms with van der Waals surface area (Å²) in [5.74, 6) is 0. The Morgan fingerprint density at radius 3 is 2.33 bits per heavy atom. The van der Waals surface area contributed by atoms with Gasteiger partial charge < -0.3 is 5.32 Å². The summed E-state index contributed by atoms with van der Waals surface area (Å²) < 4.78 is 37.5. The molecule has 0 saturated carbocycles. The van der Waals surface area contributed by atoms with E-state index in [0.29, 0.717) is 12.1 Å². The number of benzene rings is 1. The van der Waals surface area contributed by atoms with E-state index in [-0.39, 0.29) is 5.41 Å². The van der Waals surface area contributed by atoms with E-state index in [1.807, 2.05) is 0 Å². The fraction of sp³-hybridized carbons (Fsp3) is 0.571. The van der Waals surface area contributed by atoms with Crippen LogP contribution in [0.5, 0.6) is 0 Å². The summed E-state index contributed by atoms with van der Waals surface area (Å²) in [6.45, 7) is 7.69. The van der Waals surface area contributed by atoms with Gasteiger partial charge in [0.05, 0.1) is 5.56 Å². The number of alkyl halides is 3. The van der Waals surface area contributed by atoms with Crippen LogP contribution in [0.25, 0.3) is 0 Å². The average molecular weight is 259 g/mol. The van der Waals surface area contributed by atoms with E-state index in [1.54, 1.807) is 6.07 Å². The van der Waals surface area contributed by atoms with Gasteiger partial charge in [0, 0.05) is 6.54 Å². The Labute approximate surface area is 106 Å². The van der Waals surface area contributed by atoms with Gasteiger partial charge in [0.15, 0.2) is 0 Å². The molecule has 0 saturated heterocycles. The quantitative estimate of drug-likeness (QED) is 0.798. The number of nitrogens with one attached hydrogen (secondary N) is 1. The molecule has 0 amide bonds. The molecular weight excluding hydrogens is 239 g/mol. The largest absolute Gasteiger partial charge is 0.416 e. The van der Waals surface area contributed by atoms with E-state index >= 15 is 0 Å². The first kappa shape index (κ1) is 15.0. The number of hydrogen-bond donors (Lipinski definition) is 1. The van der Waals surface area contributed by atoms with Gasteiger partial charge in [0.25, 0.3) is 0 Å². The van der Waals surface area contributed by atoms with E-state index in [0.717, 1.165) is 19.0 Å². The van der Waals surface area contributed by atoms with Crippen LogP contribution in [0.4, 0.5) is 13.2 Å². The van der Waals surface area contributed by atoms with Crippen molar-refractivity contribution in [3.05, 3.63) is 35.4 Å². The van der Waals surface area contributed by atoms with Gasteiger partial charge in [-0.25, -0.2) is 0 Å². The Bertz CT molecular complexity index is 377. The van der Waals surface area contributed by atoms with E-state index in [4.69, 9.17) is 0 Å². The van der Waals surface area contributed by atoms with Gasteiger partial charge in [-0.2, -0.15) is 13.2 Å². The van der Waals surface area contributed by atoms with Gasteiger partial charge in [-0.15, -0.1) is 0 Å². The molecule has 1 nitrogen and oxygen atoms in total. The van der Waals surface area contributed by atoms with Crippen molar-refractivity contribution < 1.29 is 13.2 Å². The molecule has 1 N–H and O–H groups in total. The van der Waals surface area contributed by atoms with Crippen molar-refractivity contribution in [2.24, 2.45) is 5.41 Å². The molecule has 1 aromatic rings. The third-order valence-corrected chi connectivity index (χ3v) is 2.64. The minimum Gasteiger partial charge on any atom is -0.313 e. The number of rotatable bonds is 4. The van der Waals surface area contributed by atoms with E-state index in [9.17, 15) is 13.2 Å². The Morgan fingerprint density at radius 2 is 1.78 bits per heavy atom. The zero-order valence-corrected chi connectivity index (χ0v) is 11.1. The zero-order chi connectivity index (χ0) is 13.8. The Balaban J connectivity index is 2.49. The van der Waals surface area contributed by atoms with Crippen LogP contribution in [0, 0.1) is 5.41 Å². The van der Waals surface area contributed by atoms with Crippen LogP contribution in [-0.4, -0.2) is 6.54 Å². The first-order chi connectivity index (χ1) is 8.18. The molecule has 0 heterocycles. The van der Waals surface area contributed by atoms with E-state index < -0.39 is 11.7 Å². The van der Waals surface area contributed by atoms with Crippen LogP contribution in [-0.2, 0) is 12.7 Å². The highest BCUT2D eigenvalue weighted by atomic mass is 19.4. The maximum Gasteiger partial charge on any atom is 0.416 e. The fourth-order valence-electron chi connectivity index (χ4n) is 1.55. The third-order valence-electron chi connectivity index (χ3n) is 2.64. The molecule has 102 valence electrons. The SMILES string of the molecule is CC(C)(C)CCNCc1cccc(C(F)(F)F)c1. The molecule has 1 aromatic carbocycles. The molecular formula is C14H20F3N. The first-order valence-corrected chi connectivity index (χ1v) is 6.05. The average Bonchev–Trinajstić information content (AvgIpc) is 2.22. The summed E-state index contributed by atoms with van der Waals surface area (Å²) in [5, 5.41) is 3.17. The van der Waals surface area contributed by atoms with Gasteiger partial charge in [-0.1, -0.05) is 39.0 Å². The standard InChI is InChI=1S/C14H20F3N/c1-13(2,3)7-8-18-10-11-5-4-6-12(9-11)14(15,16)17/h4-6,9,18H,7-8,10H2,1-3H3. The highest BCUT2D eigenvalue weighted by molar-refractivity contribution is 5.25. The fourth-order valence-corrected chi connectivity index (χ4v) is 1.55. The van der Waals surface area contributed by atoms with Crippen LogP contribution in [0.1, 0.15) is 38.3 Å². The summed E-state index contributed by atoms with van der Waals surface area (Å²) in [4.78, 5) is 0. The van der Waals surface area contributed by atoms with Crippen molar-refractivity contribution in [2.45, 2.75) is 39.9 Å². The molecule has 0 bridgehead atoms. The summed E-state index contributed by atoms with van der Waals surface area (Å²) >= 11 is 0. The minimum absolute atomic E-state index is 0.237. The molecule has 0 aromatic heterocycles. The van der Waals surface area contributed by atoms with Crippen molar-refractivity contribution in [3.8, 4) is 0 Å². The van der Waals surface area contributed by atoms with E-state index in [2.05, 4.69) is 26.1 Å². The zero-order valence-electron chi connectivity index (χ0n) is 11.1. The van der Waals surface area contributed by atoms with Gasteiger partial charge in [0.1, 0.15) is 0 Å². The smallest absolute Gasteiger partial charge is 0.313 e. The second kappa shape index (κ2) is 5.74. The molecule has 0 fully saturated rings. The summed E-state index contributed by atoms with van der Waals surface area (Å²) in [6.07, 6.45) is -3.27. The Hall–Kier alpha value is -1.03. The first-order valence-electron chi connectivity index (χ1n) is 6.05. The van der Waals surface area contributed by atoms with Gasteiger partial charge in [-0.05, 0) is 30.0 Å². The lowest BCUT2D eigenvalue weighted by molar-refractivity contribution is -0.137. The van der Waals surface area contributed by atoms with Crippen molar-refractivity contribution >= 4 is 0 Å². The number of halogens is 3. The maximum absolute atomic E-state index is 12.5. The third kappa shape index (κ3) is 5.54. The van der Waals surface area contributed by atoms with Crippen molar-refractivity contribution in [3.63, 3.8) is 0 Å². The highest BCUT2D eigenvalue weighted by Crippen LogP contribution is 2.29. The Kier molecular flexibility index (Phi) is 4.79. The topological polar surface area (TPSA) is 12.0 Å². The highest BCUT2D eigenvalue weighted by Gasteiger charge is 2.30. The van der Waals surface area contributed by atoms with Crippen molar-refractivity contribution in [2.75, 3.05) is 6.54 Å². The van der Waals surface area contributed by atoms with Crippen LogP contribution in [0.2, 0.25) is 0 Å². The van der Waals surface area contributed by atoms with Gasteiger partial charge >= 0.3 is 6.18 Å². The molecule has 0 spiro atoms. The second-order valence-corrected chi connectivity index (χ2v) is 5.69. The van der Waals surface area contributed by atoms with Crippen molar-refractivity contribution in [1.82, 2.24) is 5.32 Å². The van der Waals surface area contributed by atoms with Crippen LogP contribution >= 0.6 is 0 Å². The lowest BCUT2D eigenvalue weighted by Gasteiger charge is -2.18. The van der Waals surface area contributed by atoms with Gasteiger partial charge in [-0.3, -0.25) is 0 Å². The van der Waals surface area contributed by atoms with E-state index in [1.165, 1.54) is 12.1 Å². The Morgan fingerprint density at radius 1 is 1.11 bits per heavy atom. The predicted molar refractivity (Wildman–Crippen MR) is 67.2 cm³/mol. The van der Waals surface area contributed by atoms with Crippen LogP contribution in [0.15, 0.2) is 24.3 Å². The van der Waals surface area contributed by atoms with Crippen LogP contribution in [0.3, 0.4) is 0 Å². The maximum atomic E-state index is 12.5. The molecule has 0 unspecified atom stereocenters. The molecule has 18 heavy (non-hydrogen) atoms. The van der Waals surface area contributed by atoms with Crippen molar-refractivity contribution in [1.29, 1.82) is 0 Å². The molecule has 0 aliphatic carbocycles. The molecule has 0 aliphatic rings. The predicted octanol–water partition coefficient (Wildman–Crippen LogP) is 4.23. The molecule has 0 atom stereocenters. The minimum atomic E-state index is -4.26. The normalized spacial score (nSPS) is 12.8. The second-order valence-electron chi connectivity index (χ2n) is 5.69. The van der Waals surface area contributed by atoms with Crippen LogP contribution < -0.4 is 5.32 Å². The molecule has 0 aliphatic heterocycles. The lowest BCUT2D eigenvalue weighted by atomic mass is 9.92. The molecule has 4 heteroatoms. The lowest BCUT2D eigenvalue weighted by Crippen LogP contribution is -2.20. The summed E-state index contributed by atoms with van der Waals surface area (Å²) in [5.41, 5.74) is 0.317. The molecule has 0 radical (unpaired) electrons. The monoisotopic (exact) mass is 259 g/mol. The molecule has 1 rings (SSSR count).